The molecule has 0 aliphatic rings. The Labute approximate surface area is 107 Å². The van der Waals surface area contributed by atoms with Gasteiger partial charge in [0.15, 0.2) is 0 Å². The molecule has 1 aromatic heterocycles. The van der Waals surface area contributed by atoms with Crippen molar-refractivity contribution < 1.29 is 19.5 Å². The van der Waals surface area contributed by atoms with Crippen molar-refractivity contribution >= 4 is 16.7 Å². The molecule has 0 bridgehead atoms. The molecule has 1 heterocycles. The first-order chi connectivity index (χ1) is 9.16. The molecule has 0 aliphatic heterocycles. The maximum atomic E-state index is 10.8. The van der Waals surface area contributed by atoms with Crippen molar-refractivity contribution in [1.82, 2.24) is 5.16 Å². The third kappa shape index (κ3) is 1.81. The Hall–Kier alpha value is -2.82. The van der Waals surface area contributed by atoms with Crippen molar-refractivity contribution in [2.24, 2.45) is 0 Å². The summed E-state index contributed by atoms with van der Waals surface area (Å²) in [7, 11) is 0. The second kappa shape index (κ2) is 4.13. The van der Waals surface area contributed by atoms with E-state index in [1.807, 2.05) is 24.3 Å². The monoisotopic (exact) mass is 255 g/mol. The van der Waals surface area contributed by atoms with Gasteiger partial charge >= 0.3 is 5.97 Å². The van der Waals surface area contributed by atoms with Crippen LogP contribution < -0.4 is 0 Å². The van der Waals surface area contributed by atoms with Gasteiger partial charge in [-0.25, -0.2) is 4.79 Å². The molecular formula is C14H9NO4. The number of hydrogen-bond donors (Lipinski definition) is 2. The lowest BCUT2D eigenvalue weighted by molar-refractivity contribution is 0.0652. The first-order valence-corrected chi connectivity index (χ1v) is 5.58. The van der Waals surface area contributed by atoms with Crippen molar-refractivity contribution in [3.63, 3.8) is 0 Å². The maximum Gasteiger partial charge on any atom is 0.374 e. The fraction of sp³-hybridized carbons (Fsp3) is 0. The topological polar surface area (TPSA) is 83.6 Å². The Kier molecular flexibility index (Phi) is 2.45. The lowest BCUT2D eigenvalue weighted by Crippen LogP contribution is -1.91. The molecule has 5 heteroatoms. The van der Waals surface area contributed by atoms with Crippen molar-refractivity contribution in [2.45, 2.75) is 0 Å². The van der Waals surface area contributed by atoms with Crippen LogP contribution in [0.4, 0.5) is 0 Å². The summed E-state index contributed by atoms with van der Waals surface area (Å²) in [6.07, 6.45) is 0. The van der Waals surface area contributed by atoms with Crippen LogP contribution >= 0.6 is 0 Å². The van der Waals surface area contributed by atoms with Crippen LogP contribution in [0.2, 0.25) is 0 Å². The molecule has 0 fully saturated rings. The van der Waals surface area contributed by atoms with E-state index < -0.39 is 5.97 Å². The van der Waals surface area contributed by atoms with Crippen LogP contribution in [0.5, 0.6) is 5.75 Å². The smallest absolute Gasteiger partial charge is 0.374 e. The highest BCUT2D eigenvalue weighted by Gasteiger charge is 2.17. The molecule has 3 rings (SSSR count). The van der Waals surface area contributed by atoms with Gasteiger partial charge in [-0.15, -0.1) is 0 Å². The van der Waals surface area contributed by atoms with E-state index in [2.05, 4.69) is 5.16 Å². The molecule has 5 nitrogen and oxygen atoms in total. The Balaban J connectivity index is 2.28. The molecule has 94 valence electrons. The van der Waals surface area contributed by atoms with Gasteiger partial charge in [0.1, 0.15) is 11.4 Å². The molecule has 0 atom stereocenters. The van der Waals surface area contributed by atoms with Gasteiger partial charge in [0, 0.05) is 6.07 Å². The molecule has 0 saturated carbocycles. The largest absolute Gasteiger partial charge is 0.507 e. The van der Waals surface area contributed by atoms with Crippen molar-refractivity contribution in [3.8, 4) is 17.0 Å². The fourth-order valence-electron chi connectivity index (χ4n) is 2.02. The van der Waals surface area contributed by atoms with E-state index >= 15 is 0 Å². The van der Waals surface area contributed by atoms with Gasteiger partial charge in [0.2, 0.25) is 5.76 Å². The summed E-state index contributed by atoms with van der Waals surface area (Å²) in [6.45, 7) is 0. The summed E-state index contributed by atoms with van der Waals surface area (Å²) in [4.78, 5) is 10.8. The van der Waals surface area contributed by atoms with Gasteiger partial charge in [0.25, 0.3) is 0 Å². The lowest BCUT2D eigenvalue weighted by Gasteiger charge is -2.05. The number of phenolic OH excluding ortho intramolecular Hbond substituents is 1. The van der Waals surface area contributed by atoms with Gasteiger partial charge in [0.05, 0.1) is 5.56 Å². The minimum atomic E-state index is -1.20. The number of carboxylic acid groups (broad SMARTS) is 1. The maximum absolute atomic E-state index is 10.8. The summed E-state index contributed by atoms with van der Waals surface area (Å²) in [6, 6.07) is 12.1. The number of nitrogens with zero attached hydrogens (tertiary/aromatic N) is 1. The van der Waals surface area contributed by atoms with Gasteiger partial charge < -0.3 is 14.7 Å². The van der Waals surface area contributed by atoms with Crippen LogP contribution in [-0.4, -0.2) is 21.3 Å². The van der Waals surface area contributed by atoms with E-state index in [-0.39, 0.29) is 11.5 Å². The van der Waals surface area contributed by atoms with Crippen molar-refractivity contribution in [1.29, 1.82) is 0 Å². The molecule has 0 saturated heterocycles. The van der Waals surface area contributed by atoms with E-state index in [9.17, 15) is 9.90 Å². The molecule has 0 unspecified atom stereocenters. The Morgan fingerprint density at radius 3 is 2.68 bits per heavy atom. The number of carbonyl (C=O) groups is 1. The number of aromatic carboxylic acids is 1. The second-order valence-corrected chi connectivity index (χ2v) is 4.06. The Morgan fingerprint density at radius 2 is 1.95 bits per heavy atom. The minimum Gasteiger partial charge on any atom is -0.507 e. The van der Waals surface area contributed by atoms with Crippen molar-refractivity contribution in [2.75, 3.05) is 0 Å². The van der Waals surface area contributed by atoms with Crippen molar-refractivity contribution in [3.05, 3.63) is 48.2 Å². The number of aromatic nitrogens is 1. The third-order valence-corrected chi connectivity index (χ3v) is 2.88. The molecular weight excluding hydrogens is 246 g/mol. The molecule has 19 heavy (non-hydrogen) atoms. The average molecular weight is 255 g/mol. The molecule has 3 aromatic rings. The van der Waals surface area contributed by atoms with E-state index in [0.29, 0.717) is 11.3 Å². The summed E-state index contributed by atoms with van der Waals surface area (Å²) in [5, 5.41) is 24.2. The lowest BCUT2D eigenvalue weighted by atomic mass is 10.0. The number of hydrogen-bond acceptors (Lipinski definition) is 4. The van der Waals surface area contributed by atoms with Gasteiger partial charge in [-0.1, -0.05) is 35.5 Å². The number of phenols is 1. The van der Waals surface area contributed by atoms with Gasteiger partial charge in [-0.3, -0.25) is 0 Å². The van der Waals surface area contributed by atoms with Crippen LogP contribution in [0.25, 0.3) is 22.0 Å². The molecule has 2 N–H and O–H groups in total. The first kappa shape index (κ1) is 11.3. The zero-order valence-corrected chi connectivity index (χ0v) is 9.70. The molecule has 0 aliphatic carbocycles. The number of fused-ring (bicyclic) bond motifs is 1. The standard InChI is InChI=1S/C14H9NO4/c16-11-6-5-8-3-1-2-4-9(8)13(11)10-7-12(14(17)18)19-15-10/h1-7,16H,(H,17,18). The average Bonchev–Trinajstić information content (AvgIpc) is 2.88. The Morgan fingerprint density at radius 1 is 1.16 bits per heavy atom. The number of aromatic hydroxyl groups is 1. The normalized spacial score (nSPS) is 10.7. The molecule has 0 radical (unpaired) electrons. The van der Waals surface area contributed by atoms with Crippen LogP contribution in [0, 0.1) is 0 Å². The predicted molar refractivity (Wildman–Crippen MR) is 68.1 cm³/mol. The van der Waals surface area contributed by atoms with Crippen LogP contribution in [0.15, 0.2) is 47.0 Å². The zero-order valence-electron chi connectivity index (χ0n) is 9.70. The van der Waals surface area contributed by atoms with E-state index in [4.69, 9.17) is 9.63 Å². The third-order valence-electron chi connectivity index (χ3n) is 2.88. The van der Waals surface area contributed by atoms with Crippen LogP contribution in [0.3, 0.4) is 0 Å². The highest BCUT2D eigenvalue weighted by Crippen LogP contribution is 2.35. The second-order valence-electron chi connectivity index (χ2n) is 4.06. The van der Waals surface area contributed by atoms with E-state index in [1.54, 1.807) is 12.1 Å². The highest BCUT2D eigenvalue weighted by molar-refractivity contribution is 5.99. The van der Waals surface area contributed by atoms with Gasteiger partial charge in [-0.2, -0.15) is 0 Å². The summed E-state index contributed by atoms with van der Waals surface area (Å²) in [5.41, 5.74) is 0.765. The number of rotatable bonds is 2. The molecule has 0 spiro atoms. The quantitative estimate of drug-likeness (QED) is 0.735. The molecule has 2 aromatic carbocycles. The van der Waals surface area contributed by atoms with E-state index in [1.165, 1.54) is 6.07 Å². The summed E-state index contributed by atoms with van der Waals surface area (Å²) >= 11 is 0. The predicted octanol–water partition coefficient (Wildman–Crippen LogP) is 2.90. The van der Waals surface area contributed by atoms with Gasteiger partial charge in [-0.05, 0) is 16.8 Å². The Bertz CT molecular complexity index is 776. The number of benzene rings is 2. The zero-order chi connectivity index (χ0) is 13.4. The first-order valence-electron chi connectivity index (χ1n) is 5.58. The minimum absolute atomic E-state index is 0.0314. The summed E-state index contributed by atoms with van der Waals surface area (Å²) < 4.78 is 4.72. The summed E-state index contributed by atoms with van der Waals surface area (Å²) in [5.74, 6) is -1.43. The van der Waals surface area contributed by atoms with Crippen LogP contribution in [0.1, 0.15) is 10.6 Å². The van der Waals surface area contributed by atoms with E-state index in [0.717, 1.165) is 10.8 Å². The highest BCUT2D eigenvalue weighted by atomic mass is 16.5. The number of carboxylic acids is 1. The van der Waals surface area contributed by atoms with Crippen LogP contribution in [-0.2, 0) is 0 Å². The fourth-order valence-corrected chi connectivity index (χ4v) is 2.02. The SMILES string of the molecule is O=C(O)c1cc(-c2c(O)ccc3ccccc23)no1. The molecule has 0 amide bonds.